The SMILES string of the molecule is O=C(O)c1ccc(Br)cc1Oc1nc[nH]c(=O)c1I. The third-order valence-electron chi connectivity index (χ3n) is 2.15. The molecular weight excluding hydrogens is 431 g/mol. The van der Waals surface area contributed by atoms with Crippen molar-refractivity contribution >= 4 is 44.5 Å². The van der Waals surface area contributed by atoms with Gasteiger partial charge >= 0.3 is 5.97 Å². The standard InChI is InChI=1S/C11H6BrIN2O4/c12-5-1-2-6(11(17)18)7(3-5)19-10-8(13)9(16)14-4-15-10/h1-4H,(H,17,18)(H,14,15,16). The summed E-state index contributed by atoms with van der Waals surface area (Å²) >= 11 is 5.01. The fourth-order valence-corrected chi connectivity index (χ4v) is 2.04. The molecule has 98 valence electrons. The number of nitrogens with zero attached hydrogens (tertiary/aromatic N) is 1. The number of carboxylic acids is 1. The molecule has 2 N–H and O–H groups in total. The van der Waals surface area contributed by atoms with E-state index >= 15 is 0 Å². The van der Waals surface area contributed by atoms with Crippen molar-refractivity contribution in [3.05, 3.63) is 48.5 Å². The van der Waals surface area contributed by atoms with Gasteiger partial charge in [0, 0.05) is 4.47 Å². The maximum absolute atomic E-state index is 11.4. The number of hydrogen-bond acceptors (Lipinski definition) is 4. The van der Waals surface area contributed by atoms with Crippen LogP contribution in [0.3, 0.4) is 0 Å². The zero-order valence-corrected chi connectivity index (χ0v) is 12.9. The minimum absolute atomic E-state index is 0.0129. The number of carbonyl (C=O) groups is 1. The van der Waals surface area contributed by atoms with E-state index in [4.69, 9.17) is 9.84 Å². The minimum atomic E-state index is -1.12. The summed E-state index contributed by atoms with van der Waals surface area (Å²) in [6.07, 6.45) is 1.19. The topological polar surface area (TPSA) is 92.3 Å². The van der Waals surface area contributed by atoms with E-state index in [0.717, 1.165) is 0 Å². The zero-order chi connectivity index (χ0) is 14.0. The lowest BCUT2D eigenvalue weighted by Crippen LogP contribution is -2.12. The van der Waals surface area contributed by atoms with Gasteiger partial charge in [0.25, 0.3) is 5.56 Å². The summed E-state index contributed by atoms with van der Waals surface area (Å²) in [7, 11) is 0. The van der Waals surface area contributed by atoms with Crippen molar-refractivity contribution in [3.63, 3.8) is 0 Å². The Morgan fingerprint density at radius 3 is 2.89 bits per heavy atom. The van der Waals surface area contributed by atoms with Crippen molar-refractivity contribution in [3.8, 4) is 11.6 Å². The number of aromatic nitrogens is 2. The van der Waals surface area contributed by atoms with E-state index in [-0.39, 0.29) is 26.3 Å². The van der Waals surface area contributed by atoms with Crippen molar-refractivity contribution in [1.82, 2.24) is 9.97 Å². The van der Waals surface area contributed by atoms with E-state index in [9.17, 15) is 9.59 Å². The molecule has 0 radical (unpaired) electrons. The van der Waals surface area contributed by atoms with Crippen molar-refractivity contribution in [2.75, 3.05) is 0 Å². The van der Waals surface area contributed by atoms with E-state index in [1.54, 1.807) is 28.7 Å². The number of hydrogen-bond donors (Lipinski definition) is 2. The summed E-state index contributed by atoms with van der Waals surface area (Å²) < 4.78 is 6.32. The molecule has 0 atom stereocenters. The van der Waals surface area contributed by atoms with Gasteiger partial charge in [-0.15, -0.1) is 0 Å². The van der Waals surface area contributed by atoms with E-state index < -0.39 is 5.97 Å². The second-order valence-electron chi connectivity index (χ2n) is 3.40. The highest BCUT2D eigenvalue weighted by atomic mass is 127. The summed E-state index contributed by atoms with van der Waals surface area (Å²) in [5, 5.41) is 9.07. The van der Waals surface area contributed by atoms with Gasteiger partial charge in [-0.3, -0.25) is 4.79 Å². The number of nitrogens with one attached hydrogen (secondary N) is 1. The molecule has 0 saturated carbocycles. The average Bonchev–Trinajstić information content (AvgIpc) is 2.35. The van der Waals surface area contributed by atoms with Crippen LogP contribution in [0.25, 0.3) is 0 Å². The van der Waals surface area contributed by atoms with Crippen molar-refractivity contribution in [1.29, 1.82) is 0 Å². The highest BCUT2D eigenvalue weighted by Crippen LogP contribution is 2.28. The Balaban J connectivity index is 2.48. The lowest BCUT2D eigenvalue weighted by atomic mass is 10.2. The highest BCUT2D eigenvalue weighted by Gasteiger charge is 2.15. The van der Waals surface area contributed by atoms with Crippen LogP contribution < -0.4 is 10.3 Å². The van der Waals surface area contributed by atoms with E-state index in [2.05, 4.69) is 25.9 Å². The molecule has 1 aromatic heterocycles. The molecule has 0 spiro atoms. The molecule has 0 bridgehead atoms. The van der Waals surface area contributed by atoms with Crippen LogP contribution >= 0.6 is 38.5 Å². The lowest BCUT2D eigenvalue weighted by molar-refractivity contribution is 0.0694. The van der Waals surface area contributed by atoms with Gasteiger partial charge in [-0.05, 0) is 40.8 Å². The number of aromatic amines is 1. The monoisotopic (exact) mass is 436 g/mol. The Morgan fingerprint density at radius 2 is 2.21 bits per heavy atom. The molecule has 19 heavy (non-hydrogen) atoms. The molecule has 8 heteroatoms. The zero-order valence-electron chi connectivity index (χ0n) is 9.18. The van der Waals surface area contributed by atoms with Crippen LogP contribution in [-0.4, -0.2) is 21.0 Å². The first-order valence-electron chi connectivity index (χ1n) is 4.93. The highest BCUT2D eigenvalue weighted by molar-refractivity contribution is 14.1. The number of H-pyrrole nitrogens is 1. The smallest absolute Gasteiger partial charge is 0.339 e. The third-order valence-corrected chi connectivity index (χ3v) is 3.59. The normalized spacial score (nSPS) is 10.2. The van der Waals surface area contributed by atoms with Crippen LogP contribution in [0.15, 0.2) is 33.8 Å². The van der Waals surface area contributed by atoms with Gasteiger partial charge in [0.1, 0.15) is 14.9 Å². The van der Waals surface area contributed by atoms with Crippen LogP contribution in [0.5, 0.6) is 11.6 Å². The number of benzene rings is 1. The summed E-state index contributed by atoms with van der Waals surface area (Å²) in [6, 6.07) is 4.50. The van der Waals surface area contributed by atoms with Gasteiger partial charge < -0.3 is 14.8 Å². The van der Waals surface area contributed by atoms with Crippen molar-refractivity contribution < 1.29 is 14.6 Å². The van der Waals surface area contributed by atoms with Crippen LogP contribution in [0.2, 0.25) is 0 Å². The molecule has 0 saturated heterocycles. The Kier molecular flexibility index (Phi) is 4.20. The molecule has 0 amide bonds. The van der Waals surface area contributed by atoms with E-state index in [1.807, 2.05) is 0 Å². The molecule has 0 fully saturated rings. The molecule has 1 aromatic carbocycles. The number of aromatic carboxylic acids is 1. The Bertz CT molecular complexity index is 701. The van der Waals surface area contributed by atoms with Gasteiger partial charge in [0.05, 0.1) is 6.33 Å². The fourth-order valence-electron chi connectivity index (χ4n) is 1.30. The Hall–Kier alpha value is -1.42. The molecule has 1 heterocycles. The number of halogens is 2. The third kappa shape index (κ3) is 3.13. The van der Waals surface area contributed by atoms with Crippen LogP contribution in [0.1, 0.15) is 10.4 Å². The molecular formula is C11H6BrIN2O4. The number of ether oxygens (including phenoxy) is 1. The van der Waals surface area contributed by atoms with Crippen LogP contribution in [0, 0.1) is 3.57 Å². The molecule has 6 nitrogen and oxygen atoms in total. The predicted octanol–water partition coefficient (Wildman–Crippen LogP) is 2.63. The first kappa shape index (κ1) is 14.0. The van der Waals surface area contributed by atoms with E-state index in [1.165, 1.54) is 18.5 Å². The fraction of sp³-hybridized carbons (Fsp3) is 0. The Labute approximate surface area is 129 Å². The van der Waals surface area contributed by atoms with E-state index in [0.29, 0.717) is 4.47 Å². The second-order valence-corrected chi connectivity index (χ2v) is 5.39. The molecule has 0 aliphatic heterocycles. The summed E-state index contributed by atoms with van der Waals surface area (Å²) in [5.74, 6) is -0.954. The van der Waals surface area contributed by atoms with Gasteiger partial charge in [-0.25, -0.2) is 9.78 Å². The van der Waals surface area contributed by atoms with Gasteiger partial charge in [0.2, 0.25) is 5.88 Å². The maximum atomic E-state index is 11.4. The van der Waals surface area contributed by atoms with Crippen LogP contribution in [-0.2, 0) is 0 Å². The molecule has 0 aliphatic rings. The number of rotatable bonds is 3. The average molecular weight is 437 g/mol. The van der Waals surface area contributed by atoms with Crippen molar-refractivity contribution in [2.24, 2.45) is 0 Å². The maximum Gasteiger partial charge on any atom is 0.339 e. The summed E-state index contributed by atoms with van der Waals surface area (Å²) in [6.45, 7) is 0. The quantitative estimate of drug-likeness (QED) is 0.721. The number of carboxylic acid groups (broad SMARTS) is 1. The first-order chi connectivity index (χ1) is 8.99. The van der Waals surface area contributed by atoms with Crippen molar-refractivity contribution in [2.45, 2.75) is 0 Å². The van der Waals surface area contributed by atoms with Crippen LogP contribution in [0.4, 0.5) is 0 Å². The largest absolute Gasteiger partial charge is 0.478 e. The Morgan fingerprint density at radius 1 is 1.47 bits per heavy atom. The summed E-state index contributed by atoms with van der Waals surface area (Å²) in [5.41, 5.74) is -0.362. The predicted molar refractivity (Wildman–Crippen MR) is 78.8 cm³/mol. The van der Waals surface area contributed by atoms with Gasteiger partial charge in [-0.2, -0.15) is 0 Å². The first-order valence-corrected chi connectivity index (χ1v) is 6.80. The molecule has 0 aliphatic carbocycles. The minimum Gasteiger partial charge on any atom is -0.478 e. The second kappa shape index (κ2) is 5.70. The lowest BCUT2D eigenvalue weighted by Gasteiger charge is -2.09. The molecule has 2 rings (SSSR count). The van der Waals surface area contributed by atoms with Gasteiger partial charge in [-0.1, -0.05) is 15.9 Å². The summed E-state index contributed by atoms with van der Waals surface area (Å²) in [4.78, 5) is 28.8. The van der Waals surface area contributed by atoms with Gasteiger partial charge in [0.15, 0.2) is 0 Å². The molecule has 0 unspecified atom stereocenters. The molecule has 2 aromatic rings.